The number of nitrogens with zero attached hydrogens (tertiary/aromatic N) is 1. The summed E-state index contributed by atoms with van der Waals surface area (Å²) in [5.41, 5.74) is 6.69. The first-order valence-electron chi connectivity index (χ1n) is 10.6. The Morgan fingerprint density at radius 3 is 2.71 bits per heavy atom. The molecule has 0 saturated carbocycles. The Kier molecular flexibility index (Phi) is 4.17. The Morgan fingerprint density at radius 1 is 0.968 bits per heavy atom. The summed E-state index contributed by atoms with van der Waals surface area (Å²) in [6, 6.07) is 24.7. The molecular formula is C27H22N2O2. The zero-order chi connectivity index (χ0) is 20.8. The molecule has 4 aromatic rings. The highest BCUT2D eigenvalue weighted by Gasteiger charge is 2.30. The third-order valence-corrected chi connectivity index (χ3v) is 6.27. The number of carbonyl (C=O) groups excluding carboxylic acids is 1. The molecule has 4 heteroatoms. The van der Waals surface area contributed by atoms with Crippen molar-refractivity contribution in [1.29, 1.82) is 0 Å². The van der Waals surface area contributed by atoms with E-state index in [1.807, 2.05) is 36.4 Å². The van der Waals surface area contributed by atoms with E-state index in [4.69, 9.17) is 4.74 Å². The van der Waals surface area contributed by atoms with Crippen molar-refractivity contribution in [2.75, 3.05) is 11.9 Å². The number of hydrogen-bond donors (Lipinski definition) is 1. The second kappa shape index (κ2) is 7.17. The van der Waals surface area contributed by atoms with E-state index in [0.29, 0.717) is 13.0 Å². The summed E-state index contributed by atoms with van der Waals surface area (Å²) >= 11 is 0. The van der Waals surface area contributed by atoms with Crippen molar-refractivity contribution >= 4 is 28.6 Å². The Bertz CT molecular complexity index is 1330. The average molecular weight is 406 g/mol. The Balaban J connectivity index is 1.51. The maximum atomic E-state index is 12.8. The maximum absolute atomic E-state index is 12.8. The molecule has 2 aliphatic heterocycles. The van der Waals surface area contributed by atoms with Gasteiger partial charge < -0.3 is 14.6 Å². The van der Waals surface area contributed by atoms with Gasteiger partial charge in [0.05, 0.1) is 11.2 Å². The van der Waals surface area contributed by atoms with Crippen molar-refractivity contribution in [2.45, 2.75) is 18.9 Å². The molecule has 4 nitrogen and oxygen atoms in total. The van der Waals surface area contributed by atoms with Crippen molar-refractivity contribution in [3.8, 4) is 5.75 Å². The van der Waals surface area contributed by atoms with Gasteiger partial charge in [0.25, 0.3) is 0 Å². The van der Waals surface area contributed by atoms with Gasteiger partial charge in [0.2, 0.25) is 5.91 Å². The number of rotatable bonds is 3. The SMILES string of the molecule is O=C1C[C@H](C2=Cc3ccccc3OC2)c2cn(Cc3ccccc3)c3cccc(c23)N1. The molecule has 1 atom stereocenters. The van der Waals surface area contributed by atoms with Crippen LogP contribution in [0.5, 0.6) is 5.75 Å². The van der Waals surface area contributed by atoms with Crippen molar-refractivity contribution in [3.05, 3.63) is 101 Å². The monoisotopic (exact) mass is 406 g/mol. The van der Waals surface area contributed by atoms with Gasteiger partial charge in [0.15, 0.2) is 0 Å². The summed E-state index contributed by atoms with van der Waals surface area (Å²) in [4.78, 5) is 12.8. The minimum atomic E-state index is -0.0171. The molecule has 0 fully saturated rings. The van der Waals surface area contributed by atoms with E-state index >= 15 is 0 Å². The summed E-state index contributed by atoms with van der Waals surface area (Å²) in [5.74, 6) is 0.927. The summed E-state index contributed by atoms with van der Waals surface area (Å²) in [6.07, 6.45) is 4.84. The molecule has 0 spiro atoms. The first-order chi connectivity index (χ1) is 15.3. The van der Waals surface area contributed by atoms with Gasteiger partial charge in [0, 0.05) is 36.0 Å². The highest BCUT2D eigenvalue weighted by molar-refractivity contribution is 6.06. The molecule has 0 aliphatic carbocycles. The number of amides is 1. The smallest absolute Gasteiger partial charge is 0.225 e. The summed E-state index contributed by atoms with van der Waals surface area (Å²) < 4.78 is 8.34. The van der Waals surface area contributed by atoms with Gasteiger partial charge in [0.1, 0.15) is 12.4 Å². The van der Waals surface area contributed by atoms with Gasteiger partial charge in [-0.05, 0) is 41.0 Å². The van der Waals surface area contributed by atoms with Crippen LogP contribution < -0.4 is 10.1 Å². The van der Waals surface area contributed by atoms with Crippen molar-refractivity contribution in [2.24, 2.45) is 0 Å². The lowest BCUT2D eigenvalue weighted by Gasteiger charge is -2.23. The topological polar surface area (TPSA) is 43.3 Å². The minimum Gasteiger partial charge on any atom is -0.489 e. The average Bonchev–Trinajstić information content (AvgIpc) is 3.09. The number of benzene rings is 3. The highest BCUT2D eigenvalue weighted by Crippen LogP contribution is 2.43. The fourth-order valence-electron chi connectivity index (χ4n) is 4.83. The molecule has 3 heterocycles. The standard InChI is InChI=1S/C27H22N2O2/c30-26-14-21(20-13-19-9-4-5-12-25(19)31-17-20)22-16-29(15-18-7-2-1-3-8-18)24-11-6-10-23(28-26)27(22)24/h1-13,16,21H,14-15,17H2,(H,28,30)/t21-/m1/s1. The quantitative estimate of drug-likeness (QED) is 0.482. The van der Waals surface area contributed by atoms with E-state index in [0.717, 1.165) is 40.0 Å². The number of hydrogen-bond acceptors (Lipinski definition) is 2. The largest absolute Gasteiger partial charge is 0.489 e. The number of nitrogens with one attached hydrogen (secondary N) is 1. The summed E-state index contributed by atoms with van der Waals surface area (Å²) in [6.45, 7) is 1.29. The van der Waals surface area contributed by atoms with Crippen LogP contribution in [0.4, 0.5) is 5.69 Å². The Morgan fingerprint density at radius 2 is 1.81 bits per heavy atom. The Hall–Kier alpha value is -3.79. The van der Waals surface area contributed by atoms with Crippen molar-refractivity contribution in [3.63, 3.8) is 0 Å². The zero-order valence-corrected chi connectivity index (χ0v) is 17.0. The van der Waals surface area contributed by atoms with Gasteiger partial charge in [-0.15, -0.1) is 0 Å². The number of fused-ring (bicyclic) bond motifs is 1. The lowest BCUT2D eigenvalue weighted by atomic mass is 9.86. The predicted molar refractivity (Wildman–Crippen MR) is 123 cm³/mol. The lowest BCUT2D eigenvalue weighted by molar-refractivity contribution is -0.116. The third kappa shape index (κ3) is 3.12. The normalized spacial score (nSPS) is 17.4. The first-order valence-corrected chi connectivity index (χ1v) is 10.6. The molecule has 0 radical (unpaired) electrons. The number of anilines is 1. The second-order valence-electron chi connectivity index (χ2n) is 8.25. The van der Waals surface area contributed by atoms with E-state index in [-0.39, 0.29) is 11.8 Å². The predicted octanol–water partition coefficient (Wildman–Crippen LogP) is 5.59. The molecule has 0 bridgehead atoms. The van der Waals surface area contributed by atoms with Crippen LogP contribution in [0.25, 0.3) is 17.0 Å². The molecule has 0 unspecified atom stereocenters. The van der Waals surface area contributed by atoms with E-state index in [9.17, 15) is 4.79 Å². The molecule has 1 aromatic heterocycles. The van der Waals surface area contributed by atoms with Crippen LogP contribution in [0, 0.1) is 0 Å². The number of aromatic nitrogens is 1. The second-order valence-corrected chi connectivity index (χ2v) is 8.25. The number of ether oxygens (including phenoxy) is 1. The van der Waals surface area contributed by atoms with Crippen LogP contribution in [0.2, 0.25) is 0 Å². The zero-order valence-electron chi connectivity index (χ0n) is 17.0. The van der Waals surface area contributed by atoms with Gasteiger partial charge in [-0.2, -0.15) is 0 Å². The van der Waals surface area contributed by atoms with E-state index in [1.165, 1.54) is 11.1 Å². The van der Waals surface area contributed by atoms with Gasteiger partial charge in [-0.3, -0.25) is 4.79 Å². The fourth-order valence-corrected chi connectivity index (χ4v) is 4.83. The van der Waals surface area contributed by atoms with E-state index in [1.54, 1.807) is 0 Å². The molecule has 1 amide bonds. The van der Waals surface area contributed by atoms with Gasteiger partial charge >= 0.3 is 0 Å². The molecule has 152 valence electrons. The summed E-state index contributed by atoms with van der Waals surface area (Å²) in [7, 11) is 0. The molecule has 3 aromatic carbocycles. The molecule has 1 N–H and O–H groups in total. The molecular weight excluding hydrogens is 384 g/mol. The van der Waals surface area contributed by atoms with Crippen LogP contribution >= 0.6 is 0 Å². The van der Waals surface area contributed by atoms with Crippen LogP contribution in [0.3, 0.4) is 0 Å². The maximum Gasteiger partial charge on any atom is 0.225 e. The molecule has 0 saturated heterocycles. The molecule has 6 rings (SSSR count). The number of para-hydroxylation sites is 1. The first kappa shape index (κ1) is 18.0. The van der Waals surface area contributed by atoms with Crippen LogP contribution in [0.1, 0.15) is 29.0 Å². The fraction of sp³-hybridized carbons (Fsp3) is 0.148. The van der Waals surface area contributed by atoms with Crippen molar-refractivity contribution < 1.29 is 9.53 Å². The lowest BCUT2D eigenvalue weighted by Crippen LogP contribution is -2.18. The van der Waals surface area contributed by atoms with E-state index < -0.39 is 0 Å². The Labute approximate surface area is 180 Å². The molecule has 2 aliphatic rings. The molecule has 31 heavy (non-hydrogen) atoms. The van der Waals surface area contributed by atoms with Crippen LogP contribution in [-0.4, -0.2) is 17.1 Å². The van der Waals surface area contributed by atoms with Gasteiger partial charge in [-0.1, -0.05) is 54.6 Å². The van der Waals surface area contributed by atoms with Gasteiger partial charge in [-0.25, -0.2) is 0 Å². The number of carbonyl (C=O) groups is 1. The minimum absolute atomic E-state index is 0.0171. The van der Waals surface area contributed by atoms with Crippen LogP contribution in [-0.2, 0) is 11.3 Å². The van der Waals surface area contributed by atoms with E-state index in [2.05, 4.69) is 58.6 Å². The third-order valence-electron chi connectivity index (χ3n) is 6.27. The van der Waals surface area contributed by atoms with Crippen molar-refractivity contribution in [1.82, 2.24) is 4.57 Å². The highest BCUT2D eigenvalue weighted by atomic mass is 16.5. The summed E-state index contributed by atoms with van der Waals surface area (Å²) in [5, 5.41) is 4.27. The van der Waals surface area contributed by atoms with Crippen LogP contribution in [0.15, 0.2) is 84.6 Å².